The third-order valence-electron chi connectivity index (χ3n) is 3.85. The van der Waals surface area contributed by atoms with Gasteiger partial charge >= 0.3 is 5.97 Å². The zero-order valence-corrected chi connectivity index (χ0v) is 11.8. The minimum atomic E-state index is -0.326. The zero-order valence-electron chi connectivity index (χ0n) is 11.8. The fourth-order valence-electron chi connectivity index (χ4n) is 2.70. The van der Waals surface area contributed by atoms with Crippen LogP contribution in [-0.2, 0) is 4.74 Å². The lowest BCUT2D eigenvalue weighted by atomic mass is 9.93. The molecular weight excluding hydrogens is 240 g/mol. The monoisotopic (exact) mass is 262 g/mol. The zero-order chi connectivity index (χ0) is 14.0. The van der Waals surface area contributed by atoms with Gasteiger partial charge in [-0.15, -0.1) is 0 Å². The normalized spacial score (nSPS) is 23.2. The standard InChI is InChI=1S/C15H22N2O2/c1-10-4-5-11(2)17(9-10)14-7-6-12(16)8-13(14)15(18)19-3/h6-8,10-11H,4-5,9,16H2,1-3H3. The van der Waals surface area contributed by atoms with Crippen LogP contribution in [0.2, 0.25) is 0 Å². The highest BCUT2D eigenvalue weighted by Crippen LogP contribution is 2.31. The lowest BCUT2D eigenvalue weighted by Gasteiger charge is -2.39. The maximum absolute atomic E-state index is 11.9. The Morgan fingerprint density at radius 1 is 1.37 bits per heavy atom. The third kappa shape index (κ3) is 2.83. The molecule has 2 rings (SSSR count). The molecule has 1 heterocycles. The highest BCUT2D eigenvalue weighted by atomic mass is 16.5. The Morgan fingerprint density at radius 2 is 2.11 bits per heavy atom. The van der Waals surface area contributed by atoms with Crippen molar-refractivity contribution < 1.29 is 9.53 Å². The number of anilines is 2. The first kappa shape index (κ1) is 13.7. The number of esters is 1. The summed E-state index contributed by atoms with van der Waals surface area (Å²) in [7, 11) is 1.40. The molecular formula is C15H22N2O2. The van der Waals surface area contributed by atoms with Crippen molar-refractivity contribution in [2.75, 3.05) is 24.3 Å². The minimum absolute atomic E-state index is 0.326. The van der Waals surface area contributed by atoms with Gasteiger partial charge in [0.2, 0.25) is 0 Å². The summed E-state index contributed by atoms with van der Waals surface area (Å²) in [5, 5.41) is 0. The van der Waals surface area contributed by atoms with Gasteiger partial charge in [0.25, 0.3) is 0 Å². The van der Waals surface area contributed by atoms with Gasteiger partial charge < -0.3 is 15.4 Å². The van der Waals surface area contributed by atoms with Crippen molar-refractivity contribution in [1.82, 2.24) is 0 Å². The number of nitrogens with zero attached hydrogens (tertiary/aromatic N) is 1. The lowest BCUT2D eigenvalue weighted by Crippen LogP contribution is -2.41. The first-order valence-corrected chi connectivity index (χ1v) is 6.77. The number of hydrogen-bond acceptors (Lipinski definition) is 4. The van der Waals surface area contributed by atoms with E-state index in [2.05, 4.69) is 18.7 Å². The number of nitrogens with two attached hydrogens (primary N) is 1. The fourth-order valence-corrected chi connectivity index (χ4v) is 2.70. The van der Waals surface area contributed by atoms with E-state index in [0.29, 0.717) is 23.2 Å². The number of ether oxygens (including phenoxy) is 1. The second-order valence-electron chi connectivity index (χ2n) is 5.45. The van der Waals surface area contributed by atoms with Crippen LogP contribution in [0.15, 0.2) is 18.2 Å². The molecule has 2 N–H and O–H groups in total. The predicted octanol–water partition coefficient (Wildman–Crippen LogP) is 2.68. The molecule has 1 aliphatic heterocycles. The van der Waals surface area contributed by atoms with E-state index in [0.717, 1.165) is 18.7 Å². The molecule has 2 unspecified atom stereocenters. The van der Waals surface area contributed by atoms with Crippen LogP contribution in [0.4, 0.5) is 11.4 Å². The number of benzene rings is 1. The van der Waals surface area contributed by atoms with Gasteiger partial charge in [0.05, 0.1) is 18.4 Å². The van der Waals surface area contributed by atoms with Crippen molar-refractivity contribution in [2.24, 2.45) is 5.92 Å². The molecule has 4 heteroatoms. The molecule has 0 amide bonds. The van der Waals surface area contributed by atoms with E-state index < -0.39 is 0 Å². The highest BCUT2D eigenvalue weighted by Gasteiger charge is 2.26. The average molecular weight is 262 g/mol. The number of piperidine rings is 1. The van der Waals surface area contributed by atoms with E-state index in [1.165, 1.54) is 13.5 Å². The first-order valence-electron chi connectivity index (χ1n) is 6.77. The molecule has 1 aromatic carbocycles. The van der Waals surface area contributed by atoms with Crippen LogP contribution >= 0.6 is 0 Å². The fraction of sp³-hybridized carbons (Fsp3) is 0.533. The summed E-state index contributed by atoms with van der Waals surface area (Å²) in [6.07, 6.45) is 2.38. The number of carbonyl (C=O) groups is 1. The van der Waals surface area contributed by atoms with E-state index in [1.807, 2.05) is 12.1 Å². The maximum atomic E-state index is 11.9. The second-order valence-corrected chi connectivity index (χ2v) is 5.45. The maximum Gasteiger partial charge on any atom is 0.340 e. The van der Waals surface area contributed by atoms with Crippen LogP contribution in [0.5, 0.6) is 0 Å². The van der Waals surface area contributed by atoms with E-state index in [4.69, 9.17) is 10.5 Å². The third-order valence-corrected chi connectivity index (χ3v) is 3.85. The molecule has 104 valence electrons. The van der Waals surface area contributed by atoms with Gasteiger partial charge in [0.1, 0.15) is 0 Å². The largest absolute Gasteiger partial charge is 0.465 e. The molecule has 0 aliphatic carbocycles. The second kappa shape index (κ2) is 5.51. The van der Waals surface area contributed by atoms with E-state index >= 15 is 0 Å². The summed E-state index contributed by atoms with van der Waals surface area (Å²) in [4.78, 5) is 14.2. The van der Waals surface area contributed by atoms with Gasteiger partial charge in [0, 0.05) is 18.3 Å². The van der Waals surface area contributed by atoms with Crippen LogP contribution in [0, 0.1) is 5.92 Å². The Bertz CT molecular complexity index is 473. The number of carbonyl (C=O) groups excluding carboxylic acids is 1. The van der Waals surface area contributed by atoms with Crippen LogP contribution in [0.3, 0.4) is 0 Å². The molecule has 0 saturated carbocycles. The Balaban J connectivity index is 2.40. The summed E-state index contributed by atoms with van der Waals surface area (Å²) in [5.74, 6) is 0.312. The molecule has 1 saturated heterocycles. The van der Waals surface area contributed by atoms with Gasteiger partial charge in [0.15, 0.2) is 0 Å². The van der Waals surface area contributed by atoms with Gasteiger partial charge in [-0.3, -0.25) is 0 Å². The summed E-state index contributed by atoms with van der Waals surface area (Å²) < 4.78 is 4.86. The molecule has 1 fully saturated rings. The summed E-state index contributed by atoms with van der Waals surface area (Å²) in [6, 6.07) is 5.90. The Kier molecular flexibility index (Phi) is 3.98. The van der Waals surface area contributed by atoms with Crippen molar-refractivity contribution >= 4 is 17.3 Å². The van der Waals surface area contributed by atoms with Crippen LogP contribution in [0.25, 0.3) is 0 Å². The molecule has 0 spiro atoms. The summed E-state index contributed by atoms with van der Waals surface area (Å²) in [6.45, 7) is 5.41. The van der Waals surface area contributed by atoms with E-state index in [9.17, 15) is 4.79 Å². The van der Waals surface area contributed by atoms with Crippen molar-refractivity contribution in [2.45, 2.75) is 32.7 Å². The SMILES string of the molecule is COC(=O)c1cc(N)ccc1N1CC(C)CCC1C. The molecule has 0 radical (unpaired) electrons. The van der Waals surface area contributed by atoms with Crippen molar-refractivity contribution in [3.05, 3.63) is 23.8 Å². The van der Waals surface area contributed by atoms with Crippen molar-refractivity contribution in [1.29, 1.82) is 0 Å². The first-order chi connectivity index (χ1) is 9.02. The van der Waals surface area contributed by atoms with Gasteiger partial charge in [-0.1, -0.05) is 6.92 Å². The van der Waals surface area contributed by atoms with Crippen LogP contribution in [0.1, 0.15) is 37.0 Å². The van der Waals surface area contributed by atoms with E-state index in [-0.39, 0.29) is 5.97 Å². The Hall–Kier alpha value is -1.71. The van der Waals surface area contributed by atoms with Crippen molar-refractivity contribution in [3.8, 4) is 0 Å². The molecule has 4 nitrogen and oxygen atoms in total. The molecule has 19 heavy (non-hydrogen) atoms. The number of methoxy groups -OCH3 is 1. The highest BCUT2D eigenvalue weighted by molar-refractivity contribution is 5.97. The molecule has 2 atom stereocenters. The Labute approximate surface area is 114 Å². The minimum Gasteiger partial charge on any atom is -0.465 e. The van der Waals surface area contributed by atoms with E-state index in [1.54, 1.807) is 6.07 Å². The molecule has 1 aromatic rings. The van der Waals surface area contributed by atoms with Gasteiger partial charge in [-0.05, 0) is 43.9 Å². The summed E-state index contributed by atoms with van der Waals surface area (Å²) in [5.41, 5.74) is 7.86. The molecule has 0 aromatic heterocycles. The number of hydrogen-bond donors (Lipinski definition) is 1. The Morgan fingerprint density at radius 3 is 2.79 bits per heavy atom. The van der Waals surface area contributed by atoms with Crippen LogP contribution < -0.4 is 10.6 Å². The lowest BCUT2D eigenvalue weighted by molar-refractivity contribution is 0.0601. The smallest absolute Gasteiger partial charge is 0.340 e. The molecule has 1 aliphatic rings. The number of nitrogen functional groups attached to an aromatic ring is 1. The van der Waals surface area contributed by atoms with Crippen LogP contribution in [-0.4, -0.2) is 25.7 Å². The number of rotatable bonds is 2. The van der Waals surface area contributed by atoms with Gasteiger partial charge in [-0.25, -0.2) is 4.79 Å². The molecule has 0 bridgehead atoms. The summed E-state index contributed by atoms with van der Waals surface area (Å²) >= 11 is 0. The quantitative estimate of drug-likeness (QED) is 0.657. The average Bonchev–Trinajstić information content (AvgIpc) is 2.41. The van der Waals surface area contributed by atoms with Crippen molar-refractivity contribution in [3.63, 3.8) is 0 Å². The topological polar surface area (TPSA) is 55.6 Å². The van der Waals surface area contributed by atoms with Gasteiger partial charge in [-0.2, -0.15) is 0 Å². The predicted molar refractivity (Wildman–Crippen MR) is 77.4 cm³/mol.